The molecule has 0 unspecified atom stereocenters. The lowest BCUT2D eigenvalue weighted by molar-refractivity contribution is 0.435. The second kappa shape index (κ2) is 7.80. The lowest BCUT2D eigenvalue weighted by atomic mass is 10.4. The van der Waals surface area contributed by atoms with Crippen LogP contribution in [0.2, 0.25) is 0 Å². The van der Waals surface area contributed by atoms with Crippen LogP contribution in [0.25, 0.3) is 0 Å². The number of hydrogen-bond acceptors (Lipinski definition) is 5. The topological polar surface area (TPSA) is 62.3 Å². The fourth-order valence-electron chi connectivity index (χ4n) is 2.10. The first-order chi connectivity index (χ1) is 10.1. The third kappa shape index (κ3) is 4.34. The zero-order valence-electron chi connectivity index (χ0n) is 12.0. The molecule has 0 aliphatic carbocycles. The van der Waals surface area contributed by atoms with E-state index in [9.17, 15) is 8.42 Å². The lowest BCUT2D eigenvalue weighted by Gasteiger charge is -2.21. The van der Waals surface area contributed by atoms with Gasteiger partial charge in [-0.15, -0.1) is 0 Å². The molecule has 0 atom stereocenters. The van der Waals surface area contributed by atoms with E-state index in [1.807, 2.05) is 6.92 Å². The van der Waals surface area contributed by atoms with Gasteiger partial charge in [0.2, 0.25) is 10.0 Å². The van der Waals surface area contributed by atoms with Crippen LogP contribution >= 0.6 is 27.7 Å². The standard InChI is InChI=1S/C13H20BrN3O2S2/c1-2-4-15-13-12(9-11(14)10-16-13)21(18,19)17-5-3-7-20-8-6-17/h9-10H,2-8H2,1H3,(H,15,16). The van der Waals surface area contributed by atoms with Crippen LogP contribution in [0.5, 0.6) is 0 Å². The second-order valence-electron chi connectivity index (χ2n) is 4.80. The summed E-state index contributed by atoms with van der Waals surface area (Å²) in [6.07, 6.45) is 3.43. The molecule has 2 heterocycles. The molecule has 1 aromatic rings. The molecule has 118 valence electrons. The Kier molecular flexibility index (Phi) is 6.34. The highest BCUT2D eigenvalue weighted by Crippen LogP contribution is 2.27. The maximum absolute atomic E-state index is 12.9. The molecule has 2 rings (SSSR count). The molecule has 0 amide bonds. The Morgan fingerprint density at radius 1 is 1.43 bits per heavy atom. The molecule has 1 fully saturated rings. The molecule has 8 heteroatoms. The van der Waals surface area contributed by atoms with E-state index < -0.39 is 10.0 Å². The minimum atomic E-state index is -3.50. The average molecular weight is 394 g/mol. The van der Waals surface area contributed by atoms with Crippen molar-refractivity contribution < 1.29 is 8.42 Å². The number of sulfonamides is 1. The number of anilines is 1. The monoisotopic (exact) mass is 393 g/mol. The number of pyridine rings is 1. The molecule has 0 radical (unpaired) electrons. The molecule has 1 aliphatic rings. The molecule has 21 heavy (non-hydrogen) atoms. The maximum Gasteiger partial charge on any atom is 0.246 e. The van der Waals surface area contributed by atoms with E-state index in [4.69, 9.17) is 0 Å². The van der Waals surface area contributed by atoms with Gasteiger partial charge in [0.1, 0.15) is 10.7 Å². The van der Waals surface area contributed by atoms with Crippen LogP contribution in [0.3, 0.4) is 0 Å². The maximum atomic E-state index is 12.9. The Hall–Kier alpha value is -0.310. The molecule has 1 aromatic heterocycles. The van der Waals surface area contributed by atoms with Crippen molar-refractivity contribution in [2.24, 2.45) is 0 Å². The van der Waals surface area contributed by atoms with Gasteiger partial charge in [-0.3, -0.25) is 0 Å². The van der Waals surface area contributed by atoms with Crippen molar-refractivity contribution in [2.45, 2.75) is 24.7 Å². The van der Waals surface area contributed by atoms with Gasteiger partial charge in [0.15, 0.2) is 0 Å². The summed E-state index contributed by atoms with van der Waals surface area (Å²) >= 11 is 5.12. The van der Waals surface area contributed by atoms with Gasteiger partial charge in [-0.1, -0.05) is 6.92 Å². The number of rotatable bonds is 5. The van der Waals surface area contributed by atoms with Crippen molar-refractivity contribution in [1.82, 2.24) is 9.29 Å². The molecule has 0 bridgehead atoms. The van der Waals surface area contributed by atoms with E-state index >= 15 is 0 Å². The number of aromatic nitrogens is 1. The molecule has 0 spiro atoms. The van der Waals surface area contributed by atoms with Gasteiger partial charge in [0.05, 0.1) is 0 Å². The summed E-state index contributed by atoms with van der Waals surface area (Å²) in [5.74, 6) is 2.30. The van der Waals surface area contributed by atoms with E-state index in [1.54, 1.807) is 28.3 Å². The smallest absolute Gasteiger partial charge is 0.246 e. The van der Waals surface area contributed by atoms with Crippen molar-refractivity contribution in [1.29, 1.82) is 0 Å². The fourth-order valence-corrected chi connectivity index (χ4v) is 5.21. The molecular formula is C13H20BrN3O2S2. The summed E-state index contributed by atoms with van der Waals surface area (Å²) in [5.41, 5.74) is 0. The summed E-state index contributed by atoms with van der Waals surface area (Å²) in [4.78, 5) is 4.49. The number of nitrogens with zero attached hydrogens (tertiary/aromatic N) is 2. The lowest BCUT2D eigenvalue weighted by Crippen LogP contribution is -2.33. The quantitative estimate of drug-likeness (QED) is 0.832. The first-order valence-electron chi connectivity index (χ1n) is 7.03. The van der Waals surface area contributed by atoms with Crippen LogP contribution < -0.4 is 5.32 Å². The van der Waals surface area contributed by atoms with Gasteiger partial charge in [-0.05, 0) is 40.6 Å². The molecule has 1 aliphatic heterocycles. The average Bonchev–Trinajstić information content (AvgIpc) is 2.75. The van der Waals surface area contributed by atoms with E-state index in [0.29, 0.717) is 29.9 Å². The van der Waals surface area contributed by atoms with E-state index in [0.717, 1.165) is 24.3 Å². The van der Waals surface area contributed by atoms with Crippen LogP contribution in [-0.4, -0.2) is 48.8 Å². The molecule has 1 N–H and O–H groups in total. The largest absolute Gasteiger partial charge is 0.369 e. The highest BCUT2D eigenvalue weighted by atomic mass is 79.9. The minimum Gasteiger partial charge on any atom is -0.369 e. The van der Waals surface area contributed by atoms with Crippen LogP contribution in [-0.2, 0) is 10.0 Å². The Balaban J connectivity index is 2.35. The minimum absolute atomic E-state index is 0.261. The van der Waals surface area contributed by atoms with Crippen LogP contribution in [0.1, 0.15) is 19.8 Å². The fraction of sp³-hybridized carbons (Fsp3) is 0.615. The molecule has 0 saturated carbocycles. The van der Waals surface area contributed by atoms with Crippen LogP contribution in [0, 0.1) is 0 Å². The number of thioether (sulfide) groups is 1. The first kappa shape index (κ1) is 17.1. The molecule has 5 nitrogen and oxygen atoms in total. The summed E-state index contributed by atoms with van der Waals surface area (Å²) in [6.45, 7) is 3.88. The van der Waals surface area contributed by atoms with E-state index in [2.05, 4.69) is 26.2 Å². The number of halogens is 1. The zero-order chi connectivity index (χ0) is 15.3. The molecule has 0 aromatic carbocycles. The van der Waals surface area contributed by atoms with Gasteiger partial charge in [0, 0.05) is 36.1 Å². The predicted octanol–water partition coefficient (Wildman–Crippen LogP) is 2.79. The number of hydrogen-bond donors (Lipinski definition) is 1. The van der Waals surface area contributed by atoms with Crippen molar-refractivity contribution in [3.63, 3.8) is 0 Å². The summed E-state index contributed by atoms with van der Waals surface area (Å²) < 4.78 is 28.0. The summed E-state index contributed by atoms with van der Waals surface area (Å²) in [7, 11) is -3.50. The van der Waals surface area contributed by atoms with Crippen molar-refractivity contribution >= 4 is 43.5 Å². The SMILES string of the molecule is CCCNc1ncc(Br)cc1S(=O)(=O)N1CCCSCC1. The van der Waals surface area contributed by atoms with Gasteiger partial charge in [-0.2, -0.15) is 16.1 Å². The highest BCUT2D eigenvalue weighted by Gasteiger charge is 2.28. The Bertz CT molecular complexity index is 573. The molecular weight excluding hydrogens is 374 g/mol. The van der Waals surface area contributed by atoms with Gasteiger partial charge in [-0.25, -0.2) is 13.4 Å². The van der Waals surface area contributed by atoms with E-state index in [-0.39, 0.29) is 4.90 Å². The Morgan fingerprint density at radius 3 is 3.00 bits per heavy atom. The Morgan fingerprint density at radius 2 is 2.24 bits per heavy atom. The summed E-state index contributed by atoms with van der Waals surface area (Å²) in [6, 6.07) is 1.64. The first-order valence-corrected chi connectivity index (χ1v) is 10.4. The van der Waals surface area contributed by atoms with Gasteiger partial charge >= 0.3 is 0 Å². The van der Waals surface area contributed by atoms with E-state index in [1.165, 1.54) is 0 Å². The normalized spacial score (nSPS) is 17.4. The molecule has 1 saturated heterocycles. The van der Waals surface area contributed by atoms with Gasteiger partial charge in [0.25, 0.3) is 0 Å². The van der Waals surface area contributed by atoms with Crippen LogP contribution in [0.4, 0.5) is 5.82 Å². The Labute approximate surface area is 139 Å². The zero-order valence-corrected chi connectivity index (χ0v) is 15.2. The van der Waals surface area contributed by atoms with Crippen LogP contribution in [0.15, 0.2) is 21.6 Å². The van der Waals surface area contributed by atoms with Gasteiger partial charge < -0.3 is 5.32 Å². The third-order valence-electron chi connectivity index (χ3n) is 3.16. The number of nitrogens with one attached hydrogen (secondary N) is 1. The van der Waals surface area contributed by atoms with Crippen molar-refractivity contribution in [2.75, 3.05) is 36.5 Å². The third-order valence-corrected chi connectivity index (χ3v) is 6.56. The van der Waals surface area contributed by atoms with Crippen molar-refractivity contribution in [3.8, 4) is 0 Å². The second-order valence-corrected chi connectivity index (χ2v) is 8.84. The highest BCUT2D eigenvalue weighted by molar-refractivity contribution is 9.10. The van der Waals surface area contributed by atoms with Crippen molar-refractivity contribution in [3.05, 3.63) is 16.7 Å². The summed E-state index contributed by atoms with van der Waals surface area (Å²) in [5, 5.41) is 3.11. The predicted molar refractivity (Wildman–Crippen MR) is 91.4 cm³/mol.